The first kappa shape index (κ1) is 15.3. The minimum Gasteiger partial charge on any atom is -0.370 e. The number of ketones is 1. The van der Waals surface area contributed by atoms with Crippen LogP contribution in [0.4, 0.5) is 11.4 Å². The first-order chi connectivity index (χ1) is 11.8. The molecule has 2 aromatic rings. The maximum atomic E-state index is 13.1. The van der Waals surface area contributed by atoms with Crippen molar-refractivity contribution in [1.29, 1.82) is 0 Å². The van der Waals surface area contributed by atoms with E-state index >= 15 is 0 Å². The fourth-order valence-electron chi connectivity index (χ4n) is 3.95. The highest BCUT2D eigenvalue weighted by Crippen LogP contribution is 2.37. The molecule has 2 fully saturated rings. The maximum absolute atomic E-state index is 13.1. The smallest absolute Gasteiger partial charge is 0.195 e. The monoisotopic (exact) mass is 320 g/mol. The number of nitrogens with zero attached hydrogens (tertiary/aromatic N) is 2. The van der Waals surface area contributed by atoms with E-state index in [4.69, 9.17) is 0 Å². The largest absolute Gasteiger partial charge is 0.370 e. The average molecular weight is 320 g/mol. The molecule has 0 atom stereocenters. The molecule has 2 saturated heterocycles. The van der Waals surface area contributed by atoms with Crippen LogP contribution < -0.4 is 9.80 Å². The van der Waals surface area contributed by atoms with Crippen LogP contribution in [0.25, 0.3) is 0 Å². The SMILES string of the molecule is O=C(c1ccccc1)c1cccc(N2CCCC2)c1N1CCCC1. The van der Waals surface area contributed by atoms with Crippen LogP contribution in [0.1, 0.15) is 41.6 Å². The van der Waals surface area contributed by atoms with Crippen LogP contribution in [0.3, 0.4) is 0 Å². The van der Waals surface area contributed by atoms with Crippen LogP contribution in [-0.4, -0.2) is 32.0 Å². The molecule has 3 heteroatoms. The Morgan fingerprint density at radius 3 is 2.00 bits per heavy atom. The third-order valence-corrected chi connectivity index (χ3v) is 5.16. The zero-order valence-corrected chi connectivity index (χ0v) is 14.1. The molecule has 2 aromatic carbocycles. The number of hydrogen-bond acceptors (Lipinski definition) is 3. The number of para-hydroxylation sites is 1. The fourth-order valence-corrected chi connectivity index (χ4v) is 3.95. The van der Waals surface area contributed by atoms with Crippen molar-refractivity contribution in [2.75, 3.05) is 36.0 Å². The van der Waals surface area contributed by atoms with Crippen molar-refractivity contribution in [1.82, 2.24) is 0 Å². The van der Waals surface area contributed by atoms with E-state index in [2.05, 4.69) is 15.9 Å². The number of carbonyl (C=O) groups is 1. The Kier molecular flexibility index (Phi) is 4.24. The van der Waals surface area contributed by atoms with E-state index in [1.165, 1.54) is 31.4 Å². The second-order valence-corrected chi connectivity index (χ2v) is 6.76. The van der Waals surface area contributed by atoms with Gasteiger partial charge in [-0.15, -0.1) is 0 Å². The van der Waals surface area contributed by atoms with Crippen molar-refractivity contribution in [3.8, 4) is 0 Å². The molecule has 0 unspecified atom stereocenters. The van der Waals surface area contributed by atoms with Gasteiger partial charge in [-0.1, -0.05) is 36.4 Å². The van der Waals surface area contributed by atoms with Gasteiger partial charge in [0.15, 0.2) is 5.78 Å². The van der Waals surface area contributed by atoms with E-state index in [0.29, 0.717) is 0 Å². The van der Waals surface area contributed by atoms with Gasteiger partial charge < -0.3 is 9.80 Å². The number of hydrogen-bond donors (Lipinski definition) is 0. The Hall–Kier alpha value is -2.29. The van der Waals surface area contributed by atoms with E-state index < -0.39 is 0 Å². The molecular formula is C21H24N2O. The summed E-state index contributed by atoms with van der Waals surface area (Å²) in [6, 6.07) is 15.9. The minimum absolute atomic E-state index is 0.138. The quantitative estimate of drug-likeness (QED) is 0.792. The predicted octanol–water partition coefficient (Wildman–Crippen LogP) is 4.12. The van der Waals surface area contributed by atoms with Gasteiger partial charge >= 0.3 is 0 Å². The summed E-state index contributed by atoms with van der Waals surface area (Å²) >= 11 is 0. The highest BCUT2D eigenvalue weighted by atomic mass is 16.1. The summed E-state index contributed by atoms with van der Waals surface area (Å²) < 4.78 is 0. The lowest BCUT2D eigenvalue weighted by atomic mass is 9.99. The topological polar surface area (TPSA) is 23.6 Å². The molecular weight excluding hydrogens is 296 g/mol. The molecule has 0 amide bonds. The van der Waals surface area contributed by atoms with Gasteiger partial charge in [-0.05, 0) is 37.8 Å². The summed E-state index contributed by atoms with van der Waals surface area (Å²) in [6.45, 7) is 4.31. The standard InChI is InChI=1S/C21H24N2O/c24-21(17-9-2-1-3-10-17)18-11-8-12-19(22-13-4-5-14-22)20(18)23-15-6-7-16-23/h1-3,8-12H,4-7,13-16H2. The van der Waals surface area contributed by atoms with E-state index in [9.17, 15) is 4.79 Å². The maximum Gasteiger partial charge on any atom is 0.195 e. The van der Waals surface area contributed by atoms with Crippen LogP contribution in [0.5, 0.6) is 0 Å². The summed E-state index contributed by atoms with van der Waals surface area (Å²) in [5.41, 5.74) is 4.03. The Balaban J connectivity index is 1.80. The summed E-state index contributed by atoms with van der Waals surface area (Å²) in [5, 5.41) is 0. The molecule has 0 bridgehead atoms. The van der Waals surface area contributed by atoms with Crippen molar-refractivity contribution in [3.63, 3.8) is 0 Å². The van der Waals surface area contributed by atoms with E-state index in [1.54, 1.807) is 0 Å². The predicted molar refractivity (Wildman–Crippen MR) is 99.2 cm³/mol. The van der Waals surface area contributed by atoms with Crippen LogP contribution in [0, 0.1) is 0 Å². The minimum atomic E-state index is 0.138. The van der Waals surface area contributed by atoms with Crippen LogP contribution in [0.2, 0.25) is 0 Å². The van der Waals surface area contributed by atoms with E-state index in [1.807, 2.05) is 42.5 Å². The third-order valence-electron chi connectivity index (χ3n) is 5.16. The van der Waals surface area contributed by atoms with Crippen LogP contribution in [0.15, 0.2) is 48.5 Å². The second-order valence-electron chi connectivity index (χ2n) is 6.76. The number of carbonyl (C=O) groups excluding carboxylic acids is 1. The third kappa shape index (κ3) is 2.79. The van der Waals surface area contributed by atoms with Gasteiger partial charge in [-0.3, -0.25) is 4.79 Å². The summed E-state index contributed by atoms with van der Waals surface area (Å²) in [6.07, 6.45) is 4.92. The van der Waals surface area contributed by atoms with Crippen molar-refractivity contribution in [2.24, 2.45) is 0 Å². The Labute approximate surface area is 143 Å². The number of rotatable bonds is 4. The number of benzene rings is 2. The molecule has 0 saturated carbocycles. The highest BCUT2D eigenvalue weighted by molar-refractivity contribution is 6.14. The summed E-state index contributed by atoms with van der Waals surface area (Å²) in [4.78, 5) is 18.0. The average Bonchev–Trinajstić information content (AvgIpc) is 3.35. The first-order valence-corrected chi connectivity index (χ1v) is 9.07. The summed E-state index contributed by atoms with van der Waals surface area (Å²) in [7, 11) is 0. The molecule has 2 aliphatic rings. The zero-order valence-electron chi connectivity index (χ0n) is 14.1. The van der Waals surface area contributed by atoms with Crippen molar-refractivity contribution >= 4 is 17.2 Å². The van der Waals surface area contributed by atoms with Crippen molar-refractivity contribution in [3.05, 3.63) is 59.7 Å². The molecule has 24 heavy (non-hydrogen) atoms. The van der Waals surface area contributed by atoms with Gasteiger partial charge in [0.05, 0.1) is 11.4 Å². The lowest BCUT2D eigenvalue weighted by molar-refractivity contribution is 0.103. The number of anilines is 2. The molecule has 0 aliphatic carbocycles. The normalized spacial score (nSPS) is 17.5. The van der Waals surface area contributed by atoms with E-state index in [-0.39, 0.29) is 5.78 Å². The van der Waals surface area contributed by atoms with Gasteiger partial charge in [0.2, 0.25) is 0 Å². The Morgan fingerprint density at radius 2 is 1.33 bits per heavy atom. The second kappa shape index (κ2) is 6.68. The first-order valence-electron chi connectivity index (χ1n) is 9.07. The molecule has 0 aromatic heterocycles. The molecule has 0 N–H and O–H groups in total. The molecule has 2 aliphatic heterocycles. The molecule has 0 spiro atoms. The van der Waals surface area contributed by atoms with Crippen LogP contribution in [-0.2, 0) is 0 Å². The fraction of sp³-hybridized carbons (Fsp3) is 0.381. The van der Waals surface area contributed by atoms with Gasteiger partial charge in [-0.25, -0.2) is 0 Å². The lowest BCUT2D eigenvalue weighted by Gasteiger charge is -2.29. The zero-order chi connectivity index (χ0) is 16.4. The van der Waals surface area contributed by atoms with Gasteiger partial charge in [0, 0.05) is 37.3 Å². The van der Waals surface area contributed by atoms with Gasteiger partial charge in [0.25, 0.3) is 0 Å². The Morgan fingerprint density at radius 1 is 0.708 bits per heavy atom. The molecule has 3 nitrogen and oxygen atoms in total. The molecule has 0 radical (unpaired) electrons. The lowest BCUT2D eigenvalue weighted by Crippen LogP contribution is -2.26. The van der Waals surface area contributed by atoms with E-state index in [0.717, 1.165) is 43.0 Å². The van der Waals surface area contributed by atoms with Gasteiger partial charge in [-0.2, -0.15) is 0 Å². The molecule has 4 rings (SSSR count). The highest BCUT2D eigenvalue weighted by Gasteiger charge is 2.26. The van der Waals surface area contributed by atoms with Crippen molar-refractivity contribution in [2.45, 2.75) is 25.7 Å². The van der Waals surface area contributed by atoms with Crippen LogP contribution >= 0.6 is 0 Å². The molecule has 2 heterocycles. The van der Waals surface area contributed by atoms with Crippen molar-refractivity contribution < 1.29 is 4.79 Å². The Bertz CT molecular complexity index is 714. The molecule has 124 valence electrons. The summed E-state index contributed by atoms with van der Waals surface area (Å²) in [5.74, 6) is 0.138. The van der Waals surface area contributed by atoms with Gasteiger partial charge in [0.1, 0.15) is 0 Å².